The molecule has 10 heteroatoms. The maximum absolute atomic E-state index is 12.3. The Balaban J connectivity index is 1.33. The number of thioether (sulfide) groups is 1. The summed E-state index contributed by atoms with van der Waals surface area (Å²) in [6.07, 6.45) is 2.35. The minimum absolute atomic E-state index is 0.0123. The van der Waals surface area contributed by atoms with Crippen molar-refractivity contribution >= 4 is 23.6 Å². The van der Waals surface area contributed by atoms with Crippen molar-refractivity contribution in [3.63, 3.8) is 0 Å². The van der Waals surface area contributed by atoms with E-state index in [-0.39, 0.29) is 24.7 Å². The molecule has 5 rings (SSSR count). The second-order valence-electron chi connectivity index (χ2n) is 10.5. The summed E-state index contributed by atoms with van der Waals surface area (Å²) in [6.45, 7) is 3.11. The van der Waals surface area contributed by atoms with Crippen LogP contribution < -0.4 is 5.32 Å². The van der Waals surface area contributed by atoms with Gasteiger partial charge in [0.2, 0.25) is 0 Å². The number of nitrogens with one attached hydrogen (secondary N) is 1. The van der Waals surface area contributed by atoms with E-state index in [1.807, 2.05) is 66.7 Å². The molecular formula is C34H35N3O6S. The Hall–Kier alpha value is -4.09. The molecule has 0 bridgehead atoms. The van der Waals surface area contributed by atoms with Crippen LogP contribution >= 0.6 is 11.8 Å². The van der Waals surface area contributed by atoms with E-state index in [9.17, 15) is 14.7 Å². The van der Waals surface area contributed by atoms with Gasteiger partial charge in [-0.3, -0.25) is 9.59 Å². The number of carbonyl (C=O) groups excluding carboxylic acids is 2. The number of ether oxygens (including phenoxy) is 3. The van der Waals surface area contributed by atoms with Crippen molar-refractivity contribution in [2.75, 3.05) is 5.75 Å². The average Bonchev–Trinajstić information content (AvgIpc) is 3.06. The number of aliphatic hydroxyl groups excluding tert-OH is 1. The summed E-state index contributed by atoms with van der Waals surface area (Å²) in [5.41, 5.74) is 5.63. The third-order valence-corrected chi connectivity index (χ3v) is 8.16. The highest BCUT2D eigenvalue weighted by atomic mass is 32.2. The lowest BCUT2D eigenvalue weighted by molar-refractivity contribution is -0.245. The molecule has 1 aliphatic heterocycles. The first-order valence-electron chi connectivity index (χ1n) is 14.4. The summed E-state index contributed by atoms with van der Waals surface area (Å²) >= 11 is 1.55. The minimum Gasteiger partial charge on any atom is -0.453 e. The van der Waals surface area contributed by atoms with Gasteiger partial charge in [0, 0.05) is 43.6 Å². The standard InChI is InChI=1S/C34H35N3O6S/c1-22(41-23(2)39)32(40)37-19-25-6-3-7-27(16-25)28-8-4-9-29(17-28)33-42-30(21-44-34-35-14-5-15-36-34)18-31(43-33)26-12-10-24(20-38)11-13-26/h3-17,22,30-31,33,38H,18-21H2,1-2H3,(H,37,40)/t22-,30-,31+,33+/m0/s1. The van der Waals surface area contributed by atoms with E-state index in [4.69, 9.17) is 14.2 Å². The number of hydrogen-bond donors (Lipinski definition) is 2. The van der Waals surface area contributed by atoms with Gasteiger partial charge < -0.3 is 24.6 Å². The van der Waals surface area contributed by atoms with Crippen LogP contribution in [0.5, 0.6) is 0 Å². The quantitative estimate of drug-likeness (QED) is 0.128. The number of amides is 1. The van der Waals surface area contributed by atoms with Gasteiger partial charge in [-0.1, -0.05) is 72.4 Å². The van der Waals surface area contributed by atoms with Crippen LogP contribution in [0.2, 0.25) is 0 Å². The topological polar surface area (TPSA) is 120 Å². The van der Waals surface area contributed by atoms with Crippen LogP contribution in [-0.2, 0) is 37.0 Å². The van der Waals surface area contributed by atoms with Crippen molar-refractivity contribution in [1.29, 1.82) is 0 Å². The highest BCUT2D eigenvalue weighted by Crippen LogP contribution is 2.40. The summed E-state index contributed by atoms with van der Waals surface area (Å²) in [5.74, 6) is -0.188. The molecule has 0 unspecified atom stereocenters. The molecule has 0 radical (unpaired) electrons. The van der Waals surface area contributed by atoms with E-state index in [0.29, 0.717) is 23.9 Å². The van der Waals surface area contributed by atoms with Gasteiger partial charge in [-0.2, -0.15) is 0 Å². The zero-order valence-electron chi connectivity index (χ0n) is 24.6. The summed E-state index contributed by atoms with van der Waals surface area (Å²) in [4.78, 5) is 32.1. The number of aliphatic hydroxyl groups is 1. The molecule has 1 saturated heterocycles. The molecule has 3 aromatic carbocycles. The molecule has 0 saturated carbocycles. The van der Waals surface area contributed by atoms with Gasteiger partial charge >= 0.3 is 5.97 Å². The van der Waals surface area contributed by atoms with Crippen molar-refractivity contribution in [2.45, 2.75) is 63.2 Å². The number of aromatic nitrogens is 2. The van der Waals surface area contributed by atoms with Crippen LogP contribution in [0.3, 0.4) is 0 Å². The van der Waals surface area contributed by atoms with E-state index in [2.05, 4.69) is 21.4 Å². The predicted molar refractivity (Wildman–Crippen MR) is 166 cm³/mol. The van der Waals surface area contributed by atoms with Crippen LogP contribution in [0.1, 0.15) is 54.9 Å². The predicted octanol–water partition coefficient (Wildman–Crippen LogP) is 5.54. The van der Waals surface area contributed by atoms with Crippen LogP contribution in [-0.4, -0.2) is 44.9 Å². The van der Waals surface area contributed by atoms with Crippen LogP contribution in [0.4, 0.5) is 0 Å². The van der Waals surface area contributed by atoms with Gasteiger partial charge in [0.15, 0.2) is 17.6 Å². The lowest BCUT2D eigenvalue weighted by Gasteiger charge is -2.36. The van der Waals surface area contributed by atoms with E-state index < -0.39 is 18.4 Å². The molecule has 4 atom stereocenters. The number of hydrogen-bond acceptors (Lipinski definition) is 9. The zero-order chi connectivity index (χ0) is 30.9. The van der Waals surface area contributed by atoms with Gasteiger partial charge in [-0.05, 0) is 52.9 Å². The Kier molecular flexibility index (Phi) is 10.7. The van der Waals surface area contributed by atoms with Gasteiger partial charge in [0.25, 0.3) is 5.91 Å². The molecule has 1 aromatic heterocycles. The second kappa shape index (κ2) is 15.1. The van der Waals surface area contributed by atoms with Crippen molar-refractivity contribution in [3.8, 4) is 11.1 Å². The van der Waals surface area contributed by atoms with Crippen LogP contribution in [0.15, 0.2) is 96.4 Å². The largest absolute Gasteiger partial charge is 0.453 e. The Bertz CT molecular complexity index is 1550. The summed E-state index contributed by atoms with van der Waals surface area (Å²) < 4.78 is 18.0. The molecule has 9 nitrogen and oxygen atoms in total. The Labute approximate surface area is 261 Å². The maximum Gasteiger partial charge on any atom is 0.303 e. The Morgan fingerprint density at radius 1 is 0.955 bits per heavy atom. The fourth-order valence-electron chi connectivity index (χ4n) is 4.91. The smallest absolute Gasteiger partial charge is 0.303 e. The van der Waals surface area contributed by atoms with Crippen LogP contribution in [0.25, 0.3) is 11.1 Å². The third kappa shape index (κ3) is 8.51. The first-order valence-corrected chi connectivity index (χ1v) is 15.4. The normalized spacial score (nSPS) is 18.8. The monoisotopic (exact) mass is 613 g/mol. The van der Waals surface area contributed by atoms with E-state index in [1.165, 1.54) is 6.92 Å². The van der Waals surface area contributed by atoms with Crippen molar-refractivity contribution in [1.82, 2.24) is 15.3 Å². The molecule has 44 heavy (non-hydrogen) atoms. The minimum atomic E-state index is -0.859. The number of rotatable bonds is 11. The molecule has 4 aromatic rings. The Morgan fingerprint density at radius 2 is 1.68 bits per heavy atom. The van der Waals surface area contributed by atoms with Gasteiger partial charge in [-0.15, -0.1) is 0 Å². The Morgan fingerprint density at radius 3 is 2.41 bits per heavy atom. The lowest BCUT2D eigenvalue weighted by atomic mass is 9.99. The zero-order valence-corrected chi connectivity index (χ0v) is 25.4. The second-order valence-corrected chi connectivity index (χ2v) is 11.5. The first kappa shape index (κ1) is 31.3. The van der Waals surface area contributed by atoms with E-state index in [1.54, 1.807) is 37.1 Å². The molecule has 1 amide bonds. The summed E-state index contributed by atoms with van der Waals surface area (Å²) in [6, 6.07) is 25.6. The lowest BCUT2D eigenvalue weighted by Crippen LogP contribution is -2.35. The molecule has 2 N–H and O–H groups in total. The third-order valence-electron chi connectivity index (χ3n) is 7.15. The van der Waals surface area contributed by atoms with Gasteiger partial charge in [0.05, 0.1) is 18.8 Å². The van der Waals surface area contributed by atoms with Gasteiger partial charge in [-0.25, -0.2) is 9.97 Å². The molecule has 1 fully saturated rings. The molecule has 228 valence electrons. The van der Waals surface area contributed by atoms with E-state index in [0.717, 1.165) is 33.4 Å². The van der Waals surface area contributed by atoms with Crippen molar-refractivity contribution < 1.29 is 28.9 Å². The summed E-state index contributed by atoms with van der Waals surface area (Å²) in [7, 11) is 0. The van der Waals surface area contributed by atoms with Gasteiger partial charge in [0.1, 0.15) is 0 Å². The molecule has 1 aliphatic rings. The maximum atomic E-state index is 12.3. The summed E-state index contributed by atoms with van der Waals surface area (Å²) in [5, 5.41) is 13.0. The first-order chi connectivity index (χ1) is 21.4. The fraction of sp³-hybridized carbons (Fsp3) is 0.294. The molecule has 0 aliphatic carbocycles. The van der Waals surface area contributed by atoms with Crippen molar-refractivity contribution in [3.05, 3.63) is 114 Å². The number of benzene rings is 3. The van der Waals surface area contributed by atoms with Crippen LogP contribution in [0, 0.1) is 0 Å². The van der Waals surface area contributed by atoms with E-state index >= 15 is 0 Å². The average molecular weight is 614 g/mol. The number of nitrogens with zero attached hydrogens (tertiary/aromatic N) is 2. The fourth-order valence-corrected chi connectivity index (χ4v) is 5.73. The number of esters is 1. The number of carbonyl (C=O) groups is 2. The molecule has 0 spiro atoms. The highest BCUT2D eigenvalue weighted by molar-refractivity contribution is 7.99. The molecule has 2 heterocycles. The highest BCUT2D eigenvalue weighted by Gasteiger charge is 2.32. The SMILES string of the molecule is CC(=O)O[C@@H](C)C(=O)NCc1cccc(-c2cccc([C@@H]3O[C@H](CSc4ncccn4)C[C@H](c4ccc(CO)cc4)O3)c2)c1. The molecular weight excluding hydrogens is 578 g/mol. The van der Waals surface area contributed by atoms with Crippen molar-refractivity contribution in [2.24, 2.45) is 0 Å².